The van der Waals surface area contributed by atoms with Gasteiger partial charge in [0.1, 0.15) is 16.9 Å². The van der Waals surface area contributed by atoms with Gasteiger partial charge in [-0.3, -0.25) is 4.79 Å². The lowest BCUT2D eigenvalue weighted by Crippen LogP contribution is -2.21. The molecule has 0 fully saturated rings. The summed E-state index contributed by atoms with van der Waals surface area (Å²) in [6, 6.07) is 13.8. The van der Waals surface area contributed by atoms with E-state index in [1.165, 1.54) is 6.07 Å². The number of carbonyl (C=O) groups is 1. The van der Waals surface area contributed by atoms with E-state index in [9.17, 15) is 9.59 Å². The molecule has 2 aromatic heterocycles. The van der Waals surface area contributed by atoms with Crippen LogP contribution in [0, 0.1) is 6.92 Å². The summed E-state index contributed by atoms with van der Waals surface area (Å²) in [5.74, 6) is 0.130. The van der Waals surface area contributed by atoms with Crippen LogP contribution in [0.2, 0.25) is 0 Å². The Labute approximate surface area is 158 Å². The van der Waals surface area contributed by atoms with Crippen molar-refractivity contribution in [2.75, 3.05) is 12.4 Å². The molecular weight excluding hydrogens is 362 g/mol. The standard InChI is InChI=1S/C20H15N3O5/c1-11-9-13(26-2)7-8-14(11)17-18(23-28-22-17)21-19(24)15-10-12-5-3-4-6-16(12)27-20(15)25/h3-10H,1-2H3,(H,21,23,24). The van der Waals surface area contributed by atoms with Crippen molar-refractivity contribution >= 4 is 22.7 Å². The van der Waals surface area contributed by atoms with E-state index in [-0.39, 0.29) is 11.4 Å². The van der Waals surface area contributed by atoms with Gasteiger partial charge in [0, 0.05) is 10.9 Å². The number of carbonyl (C=O) groups excluding carboxylic acids is 1. The highest BCUT2D eigenvalue weighted by Gasteiger charge is 2.20. The molecule has 0 bridgehead atoms. The van der Waals surface area contributed by atoms with Gasteiger partial charge in [-0.1, -0.05) is 18.2 Å². The van der Waals surface area contributed by atoms with Crippen molar-refractivity contribution in [1.82, 2.24) is 10.3 Å². The molecule has 8 heteroatoms. The maximum atomic E-state index is 12.6. The third kappa shape index (κ3) is 3.11. The summed E-state index contributed by atoms with van der Waals surface area (Å²) in [5.41, 5.74) is 1.44. The van der Waals surface area contributed by atoms with Gasteiger partial charge in [0.05, 0.1) is 7.11 Å². The van der Waals surface area contributed by atoms with Gasteiger partial charge in [0.2, 0.25) is 5.82 Å². The molecule has 8 nitrogen and oxygen atoms in total. The molecule has 1 amide bonds. The second kappa shape index (κ2) is 6.99. The minimum absolute atomic E-state index is 0.103. The maximum Gasteiger partial charge on any atom is 0.349 e. The summed E-state index contributed by atoms with van der Waals surface area (Å²) < 4.78 is 15.2. The fourth-order valence-corrected chi connectivity index (χ4v) is 2.87. The predicted molar refractivity (Wildman–Crippen MR) is 101 cm³/mol. The van der Waals surface area contributed by atoms with Crippen LogP contribution in [-0.4, -0.2) is 23.3 Å². The van der Waals surface area contributed by atoms with E-state index in [0.717, 1.165) is 5.56 Å². The summed E-state index contributed by atoms with van der Waals surface area (Å²) in [6.45, 7) is 1.87. The lowest BCUT2D eigenvalue weighted by Gasteiger charge is -2.07. The molecule has 2 aromatic carbocycles. The van der Waals surface area contributed by atoms with E-state index in [4.69, 9.17) is 13.8 Å². The van der Waals surface area contributed by atoms with E-state index in [1.807, 2.05) is 13.0 Å². The first kappa shape index (κ1) is 17.5. The van der Waals surface area contributed by atoms with Crippen LogP contribution in [0.25, 0.3) is 22.2 Å². The first-order valence-corrected chi connectivity index (χ1v) is 8.38. The number of amides is 1. The molecule has 0 unspecified atom stereocenters. The summed E-state index contributed by atoms with van der Waals surface area (Å²) in [4.78, 5) is 24.8. The van der Waals surface area contributed by atoms with Gasteiger partial charge >= 0.3 is 5.63 Å². The Morgan fingerprint density at radius 3 is 2.71 bits per heavy atom. The number of aromatic nitrogens is 2. The molecule has 4 aromatic rings. The van der Waals surface area contributed by atoms with Crippen molar-refractivity contribution in [3.63, 3.8) is 0 Å². The van der Waals surface area contributed by atoms with Gasteiger partial charge in [0.15, 0.2) is 5.69 Å². The van der Waals surface area contributed by atoms with Crippen molar-refractivity contribution in [3.8, 4) is 17.0 Å². The van der Waals surface area contributed by atoms with Gasteiger partial charge in [-0.05, 0) is 53.1 Å². The van der Waals surface area contributed by atoms with Crippen LogP contribution in [0.3, 0.4) is 0 Å². The summed E-state index contributed by atoms with van der Waals surface area (Å²) in [7, 11) is 1.58. The third-order valence-electron chi connectivity index (χ3n) is 4.30. The number of hydrogen-bond donors (Lipinski definition) is 1. The number of benzene rings is 2. The van der Waals surface area contributed by atoms with Gasteiger partial charge in [-0.2, -0.15) is 0 Å². The average molecular weight is 377 g/mol. The van der Waals surface area contributed by atoms with Crippen LogP contribution in [0.15, 0.2) is 62.4 Å². The van der Waals surface area contributed by atoms with Gasteiger partial charge < -0.3 is 14.5 Å². The molecule has 0 aliphatic carbocycles. The molecule has 140 valence electrons. The zero-order valence-electron chi connectivity index (χ0n) is 15.1. The lowest BCUT2D eigenvalue weighted by molar-refractivity contribution is 0.102. The highest BCUT2D eigenvalue weighted by atomic mass is 16.6. The van der Waals surface area contributed by atoms with Gasteiger partial charge in [-0.15, -0.1) is 0 Å². The highest BCUT2D eigenvalue weighted by molar-refractivity contribution is 6.06. The summed E-state index contributed by atoms with van der Waals surface area (Å²) in [5, 5.41) is 10.8. The maximum absolute atomic E-state index is 12.6. The zero-order chi connectivity index (χ0) is 19.7. The number of aryl methyl sites for hydroxylation is 1. The molecule has 28 heavy (non-hydrogen) atoms. The van der Waals surface area contributed by atoms with Crippen LogP contribution in [0.1, 0.15) is 15.9 Å². The molecule has 0 spiro atoms. The summed E-state index contributed by atoms with van der Waals surface area (Å²) >= 11 is 0. The Morgan fingerprint density at radius 1 is 1.11 bits per heavy atom. The summed E-state index contributed by atoms with van der Waals surface area (Å²) in [6.07, 6.45) is 0. The Bertz CT molecular complexity index is 1240. The Kier molecular flexibility index (Phi) is 4.36. The number of ether oxygens (including phenoxy) is 1. The second-order valence-corrected chi connectivity index (χ2v) is 6.08. The molecule has 0 saturated heterocycles. The third-order valence-corrected chi connectivity index (χ3v) is 4.30. The minimum atomic E-state index is -0.741. The normalized spacial score (nSPS) is 10.8. The Hall–Kier alpha value is -3.94. The fraction of sp³-hybridized carbons (Fsp3) is 0.100. The van der Waals surface area contributed by atoms with Gasteiger partial charge in [-0.25, -0.2) is 9.42 Å². The van der Waals surface area contributed by atoms with E-state index in [1.54, 1.807) is 43.5 Å². The Balaban J connectivity index is 1.68. The van der Waals surface area contributed by atoms with Crippen molar-refractivity contribution < 1.29 is 18.6 Å². The largest absolute Gasteiger partial charge is 0.497 e. The molecule has 0 saturated carbocycles. The number of methoxy groups -OCH3 is 1. The number of anilines is 1. The van der Waals surface area contributed by atoms with Crippen molar-refractivity contribution in [2.45, 2.75) is 6.92 Å². The van der Waals surface area contributed by atoms with E-state index < -0.39 is 11.5 Å². The van der Waals surface area contributed by atoms with E-state index in [0.29, 0.717) is 28.0 Å². The molecular formula is C20H15N3O5. The van der Waals surface area contributed by atoms with E-state index >= 15 is 0 Å². The predicted octanol–water partition coefficient (Wildman–Crippen LogP) is 3.41. The van der Waals surface area contributed by atoms with Crippen LogP contribution < -0.4 is 15.7 Å². The molecule has 0 radical (unpaired) electrons. The topological polar surface area (TPSA) is 107 Å². The quantitative estimate of drug-likeness (QED) is 0.543. The highest BCUT2D eigenvalue weighted by Crippen LogP contribution is 2.30. The van der Waals surface area contributed by atoms with Crippen LogP contribution >= 0.6 is 0 Å². The number of nitrogens with one attached hydrogen (secondary N) is 1. The Morgan fingerprint density at radius 2 is 1.93 bits per heavy atom. The minimum Gasteiger partial charge on any atom is -0.497 e. The van der Waals surface area contributed by atoms with Gasteiger partial charge in [0.25, 0.3) is 5.91 Å². The zero-order valence-corrected chi connectivity index (χ0v) is 15.1. The van der Waals surface area contributed by atoms with Crippen LogP contribution in [0.4, 0.5) is 5.82 Å². The first-order chi connectivity index (χ1) is 13.6. The fourth-order valence-electron chi connectivity index (χ4n) is 2.87. The average Bonchev–Trinajstić information content (AvgIpc) is 3.14. The number of hydrogen-bond acceptors (Lipinski definition) is 7. The van der Waals surface area contributed by atoms with Crippen molar-refractivity contribution in [3.05, 3.63) is 70.1 Å². The number of fused-ring (bicyclic) bond motifs is 1. The molecule has 0 aliphatic rings. The molecule has 0 atom stereocenters. The molecule has 1 N–H and O–H groups in total. The SMILES string of the molecule is COc1ccc(-c2nonc2NC(=O)c2cc3ccccc3oc2=O)c(C)c1. The van der Waals surface area contributed by atoms with Crippen LogP contribution in [0.5, 0.6) is 5.75 Å². The lowest BCUT2D eigenvalue weighted by atomic mass is 10.1. The first-order valence-electron chi connectivity index (χ1n) is 8.38. The van der Waals surface area contributed by atoms with E-state index in [2.05, 4.69) is 15.6 Å². The molecule has 0 aliphatic heterocycles. The number of rotatable bonds is 4. The monoisotopic (exact) mass is 377 g/mol. The smallest absolute Gasteiger partial charge is 0.349 e. The molecule has 4 rings (SSSR count). The molecule has 2 heterocycles. The number of para-hydroxylation sites is 1. The van der Waals surface area contributed by atoms with Crippen molar-refractivity contribution in [1.29, 1.82) is 0 Å². The van der Waals surface area contributed by atoms with Crippen LogP contribution in [-0.2, 0) is 0 Å². The number of nitrogens with zero attached hydrogens (tertiary/aromatic N) is 2. The second-order valence-electron chi connectivity index (χ2n) is 6.08. The van der Waals surface area contributed by atoms with Crippen molar-refractivity contribution in [2.24, 2.45) is 0 Å².